The van der Waals surface area contributed by atoms with E-state index in [1.807, 2.05) is 19.2 Å². The van der Waals surface area contributed by atoms with Crippen LogP contribution in [0.25, 0.3) is 0 Å². The third kappa shape index (κ3) is 6.74. The van der Waals surface area contributed by atoms with Crippen LogP contribution in [0.3, 0.4) is 0 Å². The van der Waals surface area contributed by atoms with Crippen LogP contribution in [0.1, 0.15) is 37.0 Å². The lowest BCUT2D eigenvalue weighted by Crippen LogP contribution is -2.43. The summed E-state index contributed by atoms with van der Waals surface area (Å²) in [6.45, 7) is 7.89. The van der Waals surface area contributed by atoms with E-state index in [4.69, 9.17) is 9.47 Å². The first-order valence-corrected chi connectivity index (χ1v) is 13.5. The monoisotopic (exact) mass is 508 g/mol. The number of benzene rings is 2. The molecule has 5 nitrogen and oxygen atoms in total. The van der Waals surface area contributed by atoms with Gasteiger partial charge in [0.15, 0.2) is 11.6 Å². The number of halogens is 1. The molecule has 37 heavy (non-hydrogen) atoms. The fourth-order valence-corrected chi connectivity index (χ4v) is 5.57. The number of allylic oxidation sites excluding steroid dienone is 1. The van der Waals surface area contributed by atoms with Crippen LogP contribution < -0.4 is 4.74 Å². The number of aromatic hydroxyl groups is 1. The van der Waals surface area contributed by atoms with Crippen LogP contribution in [0, 0.1) is 17.7 Å². The van der Waals surface area contributed by atoms with E-state index in [1.54, 1.807) is 25.3 Å². The fourth-order valence-electron chi connectivity index (χ4n) is 5.57. The number of aryl methyl sites for hydroxylation is 1. The molecule has 2 aliphatic carbocycles. The molecule has 2 aromatic rings. The molecule has 0 amide bonds. The molecule has 0 aromatic heterocycles. The number of hydrogen-bond donors (Lipinski definition) is 1. The van der Waals surface area contributed by atoms with Gasteiger partial charge < -0.3 is 19.5 Å². The quantitative estimate of drug-likeness (QED) is 0.430. The first kappa shape index (κ1) is 27.2. The summed E-state index contributed by atoms with van der Waals surface area (Å²) in [5.74, 6) is 2.01. The Morgan fingerprint density at radius 1 is 1.08 bits per heavy atom. The number of phenols is 1. The Morgan fingerprint density at radius 2 is 1.92 bits per heavy atom. The molecule has 0 saturated heterocycles. The highest BCUT2D eigenvalue weighted by Crippen LogP contribution is 2.38. The van der Waals surface area contributed by atoms with Crippen molar-refractivity contribution in [3.63, 3.8) is 0 Å². The van der Waals surface area contributed by atoms with Gasteiger partial charge in [0.05, 0.1) is 7.11 Å². The van der Waals surface area contributed by atoms with Crippen LogP contribution in [0.5, 0.6) is 11.5 Å². The molecule has 0 spiro atoms. The summed E-state index contributed by atoms with van der Waals surface area (Å²) < 4.78 is 26.2. The summed E-state index contributed by atoms with van der Waals surface area (Å²) in [4.78, 5) is 4.54. The molecule has 2 unspecified atom stereocenters. The molecular formula is C31H41FN2O3. The molecule has 200 valence electrons. The zero-order chi connectivity index (χ0) is 26.4. The van der Waals surface area contributed by atoms with E-state index in [0.717, 1.165) is 50.2 Å². The van der Waals surface area contributed by atoms with Crippen LogP contribution >= 0.6 is 0 Å². The van der Waals surface area contributed by atoms with Crippen molar-refractivity contribution in [2.24, 2.45) is 11.8 Å². The number of likely N-dealkylation sites (N-methyl/N-ethyl adjacent to an activating group) is 2. The summed E-state index contributed by atoms with van der Waals surface area (Å²) in [6, 6.07) is 11.3. The van der Waals surface area contributed by atoms with E-state index >= 15 is 0 Å². The summed E-state index contributed by atoms with van der Waals surface area (Å²) >= 11 is 0. The molecule has 2 aromatic carbocycles. The maximum Gasteiger partial charge on any atom is 0.165 e. The van der Waals surface area contributed by atoms with Gasteiger partial charge in [0.2, 0.25) is 0 Å². The molecule has 6 heteroatoms. The minimum absolute atomic E-state index is 0.150. The number of fused-ring (bicyclic) bond motifs is 1. The molecule has 2 aliphatic rings. The summed E-state index contributed by atoms with van der Waals surface area (Å²) in [7, 11) is 3.73. The van der Waals surface area contributed by atoms with Crippen molar-refractivity contribution in [2.45, 2.75) is 45.7 Å². The van der Waals surface area contributed by atoms with Crippen molar-refractivity contribution in [3.8, 4) is 11.5 Å². The summed E-state index contributed by atoms with van der Waals surface area (Å²) in [5, 5.41) is 9.88. The Kier molecular flexibility index (Phi) is 9.28. The third-order valence-corrected chi connectivity index (χ3v) is 7.93. The van der Waals surface area contributed by atoms with Crippen LogP contribution in [0.4, 0.5) is 4.39 Å². The van der Waals surface area contributed by atoms with Crippen LogP contribution in [0.2, 0.25) is 0 Å². The number of rotatable bonds is 11. The average Bonchev–Trinajstić information content (AvgIpc) is 2.92. The second kappa shape index (κ2) is 12.6. The lowest BCUT2D eigenvalue weighted by atomic mass is 9.72. The lowest BCUT2D eigenvalue weighted by Gasteiger charge is -2.41. The Labute approximate surface area is 221 Å². The van der Waals surface area contributed by atoms with Gasteiger partial charge in [-0.3, -0.25) is 4.90 Å². The number of hydrogen-bond acceptors (Lipinski definition) is 5. The van der Waals surface area contributed by atoms with E-state index in [1.165, 1.54) is 11.1 Å². The van der Waals surface area contributed by atoms with Crippen molar-refractivity contribution in [1.82, 2.24) is 9.80 Å². The molecule has 3 atom stereocenters. The van der Waals surface area contributed by atoms with E-state index in [2.05, 4.69) is 47.9 Å². The molecule has 0 heterocycles. The highest BCUT2D eigenvalue weighted by molar-refractivity contribution is 5.37. The minimum atomic E-state index is -0.312. The van der Waals surface area contributed by atoms with Crippen molar-refractivity contribution in [2.75, 3.05) is 40.4 Å². The molecule has 0 bridgehead atoms. The van der Waals surface area contributed by atoms with E-state index in [9.17, 15) is 9.50 Å². The number of nitrogens with zero attached hydrogens (tertiary/aromatic N) is 2. The van der Waals surface area contributed by atoms with Gasteiger partial charge in [0.1, 0.15) is 18.1 Å². The fraction of sp³-hybridized carbons (Fsp3) is 0.484. The van der Waals surface area contributed by atoms with E-state index < -0.39 is 0 Å². The molecule has 0 radical (unpaired) electrons. The predicted octanol–water partition coefficient (Wildman–Crippen LogP) is 5.57. The second-order valence-corrected chi connectivity index (χ2v) is 10.2. The molecule has 0 saturated carbocycles. The van der Waals surface area contributed by atoms with Gasteiger partial charge in [0.25, 0.3) is 0 Å². The summed E-state index contributed by atoms with van der Waals surface area (Å²) in [6.07, 6.45) is 9.64. The maximum atomic E-state index is 14.9. The van der Waals surface area contributed by atoms with Crippen LogP contribution in [-0.4, -0.2) is 61.3 Å². The second-order valence-electron chi connectivity index (χ2n) is 10.2. The van der Waals surface area contributed by atoms with Gasteiger partial charge in [-0.25, -0.2) is 4.39 Å². The first-order valence-electron chi connectivity index (χ1n) is 13.5. The number of phenolic OH excluding ortho intramolecular Hbond substituents is 1. The zero-order valence-corrected chi connectivity index (χ0v) is 22.6. The Morgan fingerprint density at radius 3 is 2.65 bits per heavy atom. The Hall–Kier alpha value is -2.83. The smallest absolute Gasteiger partial charge is 0.165 e. The lowest BCUT2D eigenvalue weighted by molar-refractivity contribution is 0.147. The van der Waals surface area contributed by atoms with E-state index in [0.29, 0.717) is 36.5 Å². The van der Waals surface area contributed by atoms with Gasteiger partial charge in [-0.1, -0.05) is 32.1 Å². The SMILES string of the molecule is CCN(C)CCOc1ccc(CN(CC)C2C=C(OC)C=CC2[C@@H]2CCc3cc(O)ccc3C2)cc1F. The predicted molar refractivity (Wildman–Crippen MR) is 146 cm³/mol. The van der Waals surface area contributed by atoms with Gasteiger partial charge in [-0.2, -0.15) is 0 Å². The van der Waals surface area contributed by atoms with Crippen LogP contribution in [-0.2, 0) is 24.1 Å². The highest BCUT2D eigenvalue weighted by Gasteiger charge is 2.34. The van der Waals surface area contributed by atoms with Crippen molar-refractivity contribution < 1.29 is 19.0 Å². The highest BCUT2D eigenvalue weighted by atomic mass is 19.1. The minimum Gasteiger partial charge on any atom is -0.508 e. The maximum absolute atomic E-state index is 14.9. The van der Waals surface area contributed by atoms with Gasteiger partial charge in [-0.05, 0) is 104 Å². The Bertz CT molecular complexity index is 1120. The van der Waals surface area contributed by atoms with Crippen molar-refractivity contribution in [1.29, 1.82) is 0 Å². The molecular weight excluding hydrogens is 467 g/mol. The summed E-state index contributed by atoms with van der Waals surface area (Å²) in [5.41, 5.74) is 3.52. The van der Waals surface area contributed by atoms with Gasteiger partial charge in [0, 0.05) is 19.1 Å². The molecule has 4 rings (SSSR count). The van der Waals surface area contributed by atoms with Crippen molar-refractivity contribution in [3.05, 3.63) is 82.9 Å². The third-order valence-electron chi connectivity index (χ3n) is 7.93. The number of methoxy groups -OCH3 is 1. The van der Waals surface area contributed by atoms with Crippen LogP contribution in [0.15, 0.2) is 60.4 Å². The largest absolute Gasteiger partial charge is 0.508 e. The zero-order valence-electron chi connectivity index (χ0n) is 22.6. The normalized spacial score (nSPS) is 21.2. The topological polar surface area (TPSA) is 45.2 Å². The van der Waals surface area contributed by atoms with Crippen molar-refractivity contribution >= 4 is 0 Å². The molecule has 0 fully saturated rings. The average molecular weight is 509 g/mol. The molecule has 1 N–H and O–H groups in total. The van der Waals surface area contributed by atoms with E-state index in [-0.39, 0.29) is 11.9 Å². The Balaban J connectivity index is 1.48. The van der Waals surface area contributed by atoms with Gasteiger partial charge >= 0.3 is 0 Å². The standard InChI is InChI=1S/C31H41FN2O3/c1-5-33(3)15-16-37-31-14-7-22(17-29(31)32)21-34(6-2)30-20-27(36-4)12-13-28(30)25-9-8-24-19-26(35)11-10-23(24)18-25/h7,10-14,17,19-20,25,28,30,35H,5-6,8-9,15-16,18,21H2,1-4H3/t25-,28?,30?/m1/s1. The van der Waals surface area contributed by atoms with Gasteiger partial charge in [-0.15, -0.1) is 0 Å². The number of ether oxygens (including phenoxy) is 2. The first-order chi connectivity index (χ1) is 17.9. The molecule has 0 aliphatic heterocycles.